The fourth-order valence-electron chi connectivity index (χ4n) is 3.58. The number of rotatable bonds is 0. The third kappa shape index (κ3) is 0.632. The maximum Gasteiger partial charge on any atom is 0.159 e. The van der Waals surface area contributed by atoms with Gasteiger partial charge >= 0.3 is 0 Å². The molecule has 3 aliphatic rings. The minimum Gasteiger partial charge on any atom is -0.228 e. The number of allylic oxidation sites excluding steroid dienone is 2. The van der Waals surface area contributed by atoms with Crippen molar-refractivity contribution in [2.75, 3.05) is 0 Å². The van der Waals surface area contributed by atoms with Gasteiger partial charge in [-0.3, -0.25) is 0 Å². The lowest BCUT2D eigenvalue weighted by Gasteiger charge is -2.51. The second-order valence-corrected chi connectivity index (χ2v) is 7.77. The first kappa shape index (κ1) is 8.04. The number of sulfone groups is 1. The summed E-state index contributed by atoms with van der Waals surface area (Å²) in [5, 5.41) is -0.0301. The van der Waals surface area contributed by atoms with E-state index in [9.17, 15) is 8.42 Å². The Kier molecular flexibility index (Phi) is 1.16. The Morgan fingerprint density at radius 2 is 1.85 bits per heavy atom. The molecule has 0 unspecified atom stereocenters. The zero-order valence-corrected chi connectivity index (χ0v) is 8.71. The maximum absolute atomic E-state index is 11.9. The van der Waals surface area contributed by atoms with Crippen molar-refractivity contribution in [3.63, 3.8) is 0 Å². The zero-order valence-electron chi connectivity index (χ0n) is 7.90. The van der Waals surface area contributed by atoms with E-state index in [1.807, 2.05) is 13.8 Å². The van der Waals surface area contributed by atoms with Crippen molar-refractivity contribution < 1.29 is 8.42 Å². The molecule has 0 amide bonds. The van der Waals surface area contributed by atoms with E-state index in [2.05, 4.69) is 12.2 Å². The summed E-state index contributed by atoms with van der Waals surface area (Å²) in [6.07, 6.45) is 5.42. The fraction of sp³-hybridized carbons (Fsp3) is 0.800. The van der Waals surface area contributed by atoms with Crippen molar-refractivity contribution >= 4 is 9.84 Å². The lowest BCUT2D eigenvalue weighted by atomic mass is 9.81. The third-order valence-corrected chi connectivity index (χ3v) is 7.38. The van der Waals surface area contributed by atoms with Crippen LogP contribution in [0.3, 0.4) is 0 Å². The van der Waals surface area contributed by atoms with Crippen LogP contribution in [-0.2, 0) is 9.84 Å². The smallest absolute Gasteiger partial charge is 0.159 e. The fourth-order valence-corrected chi connectivity index (χ4v) is 6.35. The number of hydrogen-bond acceptors (Lipinski definition) is 2. The molecule has 1 heterocycles. The first-order chi connectivity index (χ1) is 5.96. The third-order valence-electron chi connectivity index (χ3n) is 4.28. The second-order valence-electron chi connectivity index (χ2n) is 5.09. The number of fused-ring (bicyclic) bond motifs is 5. The predicted octanol–water partition coefficient (Wildman–Crippen LogP) is 1.38. The zero-order chi connectivity index (χ0) is 9.43. The van der Waals surface area contributed by atoms with Gasteiger partial charge in [-0.2, -0.15) is 0 Å². The van der Waals surface area contributed by atoms with Gasteiger partial charge in [0.1, 0.15) is 0 Å². The van der Waals surface area contributed by atoms with Crippen molar-refractivity contribution in [1.82, 2.24) is 0 Å². The molecule has 1 aliphatic heterocycles. The molecule has 0 radical (unpaired) electrons. The van der Waals surface area contributed by atoms with Crippen molar-refractivity contribution in [2.24, 2.45) is 17.8 Å². The van der Waals surface area contributed by atoms with E-state index in [-0.39, 0.29) is 5.25 Å². The standard InChI is InChI=1S/C10H14O2S/c1-10(2)8-6-3-4-7(5-6)9(8)13(10,11)12/h3-4,6-9H,5H2,1-2H3/t6-,7-,8+,9-/m0/s1. The summed E-state index contributed by atoms with van der Waals surface area (Å²) in [4.78, 5) is 0. The average molecular weight is 198 g/mol. The molecule has 0 aromatic heterocycles. The summed E-state index contributed by atoms with van der Waals surface area (Å²) in [7, 11) is -2.82. The SMILES string of the molecule is CC1(C)[C@H]2[C@H]([C@H]3C=C[C@H]2C3)S1(=O)=O. The van der Waals surface area contributed by atoms with Crippen LogP contribution in [0.4, 0.5) is 0 Å². The van der Waals surface area contributed by atoms with E-state index < -0.39 is 14.6 Å². The van der Waals surface area contributed by atoms with Crippen LogP contribution in [0.25, 0.3) is 0 Å². The van der Waals surface area contributed by atoms with Gasteiger partial charge in [-0.1, -0.05) is 12.2 Å². The predicted molar refractivity (Wildman–Crippen MR) is 51.0 cm³/mol. The van der Waals surface area contributed by atoms with E-state index >= 15 is 0 Å². The van der Waals surface area contributed by atoms with Crippen LogP contribution in [0.15, 0.2) is 12.2 Å². The van der Waals surface area contributed by atoms with E-state index in [1.165, 1.54) is 0 Å². The summed E-state index contributed by atoms with van der Waals surface area (Å²) in [5.41, 5.74) is 0. The highest BCUT2D eigenvalue weighted by molar-refractivity contribution is 7.95. The van der Waals surface area contributed by atoms with E-state index in [0.29, 0.717) is 17.8 Å². The molecular formula is C10H14O2S. The van der Waals surface area contributed by atoms with Gasteiger partial charge < -0.3 is 0 Å². The molecule has 2 nitrogen and oxygen atoms in total. The van der Waals surface area contributed by atoms with Gasteiger partial charge in [0.15, 0.2) is 9.84 Å². The minimum absolute atomic E-state index is 0.0301. The molecular weight excluding hydrogens is 184 g/mol. The molecule has 3 rings (SSSR count). The van der Waals surface area contributed by atoms with Crippen molar-refractivity contribution in [3.05, 3.63) is 12.2 Å². The first-order valence-electron chi connectivity index (χ1n) is 4.88. The van der Waals surface area contributed by atoms with Gasteiger partial charge in [0.2, 0.25) is 0 Å². The van der Waals surface area contributed by atoms with Crippen LogP contribution in [0, 0.1) is 17.8 Å². The van der Waals surface area contributed by atoms with Crippen LogP contribution in [-0.4, -0.2) is 18.4 Å². The minimum atomic E-state index is -2.82. The molecule has 0 aromatic rings. The van der Waals surface area contributed by atoms with Crippen molar-refractivity contribution in [2.45, 2.75) is 30.3 Å². The Morgan fingerprint density at radius 3 is 2.46 bits per heavy atom. The molecule has 0 N–H and O–H groups in total. The topological polar surface area (TPSA) is 34.1 Å². The molecule has 0 aromatic carbocycles. The van der Waals surface area contributed by atoms with Gasteiger partial charge in [-0.15, -0.1) is 0 Å². The molecule has 1 saturated carbocycles. The maximum atomic E-state index is 11.9. The van der Waals surface area contributed by atoms with E-state index in [4.69, 9.17) is 0 Å². The molecule has 2 fully saturated rings. The monoisotopic (exact) mass is 198 g/mol. The van der Waals surface area contributed by atoms with Crippen LogP contribution in [0.5, 0.6) is 0 Å². The average Bonchev–Trinajstić information content (AvgIpc) is 2.60. The molecule has 72 valence electrons. The van der Waals surface area contributed by atoms with Crippen molar-refractivity contribution in [3.8, 4) is 0 Å². The quantitative estimate of drug-likeness (QED) is 0.551. The Bertz CT molecular complexity index is 391. The van der Waals surface area contributed by atoms with Crippen LogP contribution in [0.2, 0.25) is 0 Å². The molecule has 2 aliphatic carbocycles. The molecule has 0 spiro atoms. The summed E-state index contributed by atoms with van der Waals surface area (Å²) in [6, 6.07) is 0. The van der Waals surface area contributed by atoms with Gasteiger partial charge in [0.05, 0.1) is 10.00 Å². The lowest BCUT2D eigenvalue weighted by molar-refractivity contribution is 0.290. The largest absolute Gasteiger partial charge is 0.228 e. The van der Waals surface area contributed by atoms with Crippen LogP contribution in [0.1, 0.15) is 20.3 Å². The summed E-state index contributed by atoms with van der Waals surface area (Å²) in [6.45, 7) is 3.77. The molecule has 4 atom stereocenters. The molecule has 1 saturated heterocycles. The number of hydrogen-bond donors (Lipinski definition) is 0. The van der Waals surface area contributed by atoms with Crippen LogP contribution < -0.4 is 0 Å². The molecule has 3 heteroatoms. The Morgan fingerprint density at radius 1 is 1.23 bits per heavy atom. The van der Waals surface area contributed by atoms with Gasteiger partial charge in [-0.25, -0.2) is 8.42 Å². The highest BCUT2D eigenvalue weighted by atomic mass is 32.2. The van der Waals surface area contributed by atoms with E-state index in [0.717, 1.165) is 6.42 Å². The Labute approximate surface area is 78.9 Å². The molecule has 13 heavy (non-hydrogen) atoms. The second kappa shape index (κ2) is 1.88. The Hall–Kier alpha value is -0.310. The first-order valence-corrected chi connectivity index (χ1v) is 6.42. The van der Waals surface area contributed by atoms with Gasteiger partial charge in [-0.05, 0) is 32.1 Å². The highest BCUT2D eigenvalue weighted by Gasteiger charge is 2.69. The van der Waals surface area contributed by atoms with Gasteiger partial charge in [0.25, 0.3) is 0 Å². The van der Waals surface area contributed by atoms with E-state index in [1.54, 1.807) is 0 Å². The summed E-state index contributed by atoms with van der Waals surface area (Å²) < 4.78 is 23.4. The van der Waals surface area contributed by atoms with Gasteiger partial charge in [0, 0.05) is 5.92 Å². The van der Waals surface area contributed by atoms with Crippen molar-refractivity contribution in [1.29, 1.82) is 0 Å². The molecule has 2 bridgehead atoms. The van der Waals surface area contributed by atoms with Crippen LogP contribution >= 0.6 is 0 Å². The highest BCUT2D eigenvalue weighted by Crippen LogP contribution is 2.61. The Balaban J connectivity index is 2.15. The lowest BCUT2D eigenvalue weighted by Crippen LogP contribution is -2.63. The normalized spacial score (nSPS) is 53.1. The summed E-state index contributed by atoms with van der Waals surface area (Å²) in [5.74, 6) is 1.30. The summed E-state index contributed by atoms with van der Waals surface area (Å²) >= 11 is 0.